The summed E-state index contributed by atoms with van der Waals surface area (Å²) in [6.45, 7) is 4.76. The molecule has 2 aliphatic rings. The largest absolute Gasteiger partial charge is 0.391 e. The molecule has 98 valence electrons. The lowest BCUT2D eigenvalue weighted by Crippen LogP contribution is -2.54. The Hall–Kier alpha value is -0.570. The zero-order chi connectivity index (χ0) is 12.5. The summed E-state index contributed by atoms with van der Waals surface area (Å²) < 4.78 is 0. The van der Waals surface area contributed by atoms with Gasteiger partial charge in [0.2, 0.25) is 5.91 Å². The van der Waals surface area contributed by atoms with Crippen LogP contribution in [0.15, 0.2) is 0 Å². The lowest BCUT2D eigenvalue weighted by molar-refractivity contribution is -0.143. The number of β-amino-alcohol motifs (C(OH)–C–C–N with tert-alkyl or cyclic N) is 1. The Kier molecular flexibility index (Phi) is 3.76. The van der Waals surface area contributed by atoms with Crippen molar-refractivity contribution in [3.63, 3.8) is 0 Å². The van der Waals surface area contributed by atoms with E-state index in [1.54, 1.807) is 0 Å². The van der Waals surface area contributed by atoms with Gasteiger partial charge in [-0.2, -0.15) is 0 Å². The highest BCUT2D eigenvalue weighted by Crippen LogP contribution is 2.32. The number of amides is 1. The van der Waals surface area contributed by atoms with Crippen molar-refractivity contribution >= 4 is 5.91 Å². The standard InChI is InChI=1S/C14H25NO2/c1-14(2)8-7-12(16)10-15(14)13(17)9-11-5-3-4-6-11/h11-12,16H,3-10H2,1-2H3. The van der Waals surface area contributed by atoms with Crippen LogP contribution in [0.1, 0.15) is 58.8 Å². The van der Waals surface area contributed by atoms with Crippen LogP contribution in [0.4, 0.5) is 0 Å². The molecule has 1 saturated heterocycles. The SMILES string of the molecule is CC1(C)CCC(O)CN1C(=O)CC1CCCC1. The summed E-state index contributed by atoms with van der Waals surface area (Å²) in [6.07, 6.45) is 7.08. The molecule has 2 fully saturated rings. The molecule has 1 N–H and O–H groups in total. The quantitative estimate of drug-likeness (QED) is 0.803. The van der Waals surface area contributed by atoms with E-state index in [0.717, 1.165) is 12.8 Å². The number of hydrogen-bond acceptors (Lipinski definition) is 2. The van der Waals surface area contributed by atoms with Crippen molar-refractivity contribution in [1.29, 1.82) is 0 Å². The van der Waals surface area contributed by atoms with E-state index in [1.165, 1.54) is 25.7 Å². The van der Waals surface area contributed by atoms with Crippen LogP contribution in [0, 0.1) is 5.92 Å². The molecule has 0 aromatic heterocycles. The summed E-state index contributed by atoms with van der Waals surface area (Å²) in [5.74, 6) is 0.845. The zero-order valence-electron chi connectivity index (χ0n) is 11.1. The molecule has 1 aliphatic carbocycles. The van der Waals surface area contributed by atoms with Gasteiger partial charge in [-0.1, -0.05) is 12.8 Å². The number of nitrogens with zero attached hydrogens (tertiary/aromatic N) is 1. The fourth-order valence-electron chi connectivity index (χ4n) is 3.21. The van der Waals surface area contributed by atoms with E-state index in [0.29, 0.717) is 18.9 Å². The lowest BCUT2D eigenvalue weighted by Gasteiger charge is -2.44. The number of likely N-dealkylation sites (tertiary alicyclic amines) is 1. The molecule has 1 unspecified atom stereocenters. The van der Waals surface area contributed by atoms with Gasteiger partial charge < -0.3 is 10.0 Å². The maximum atomic E-state index is 12.3. The minimum absolute atomic E-state index is 0.0745. The van der Waals surface area contributed by atoms with E-state index < -0.39 is 0 Å². The highest BCUT2D eigenvalue weighted by molar-refractivity contribution is 5.77. The van der Waals surface area contributed by atoms with Crippen LogP contribution in [-0.4, -0.2) is 34.1 Å². The molecule has 1 heterocycles. The first-order chi connectivity index (χ1) is 7.99. The summed E-state index contributed by atoms with van der Waals surface area (Å²) in [6, 6.07) is 0. The van der Waals surface area contributed by atoms with Crippen molar-refractivity contribution in [1.82, 2.24) is 4.90 Å². The Balaban J connectivity index is 1.95. The molecule has 1 saturated carbocycles. The van der Waals surface area contributed by atoms with E-state index in [1.807, 2.05) is 4.90 Å². The van der Waals surface area contributed by atoms with Crippen LogP contribution in [0.5, 0.6) is 0 Å². The number of hydrogen-bond donors (Lipinski definition) is 1. The highest BCUT2D eigenvalue weighted by Gasteiger charge is 2.37. The Morgan fingerprint density at radius 3 is 2.59 bits per heavy atom. The first kappa shape index (κ1) is 12.9. The van der Waals surface area contributed by atoms with Crippen molar-refractivity contribution < 1.29 is 9.90 Å². The Morgan fingerprint density at radius 1 is 1.29 bits per heavy atom. The first-order valence-electron chi connectivity index (χ1n) is 6.97. The Morgan fingerprint density at radius 2 is 1.94 bits per heavy atom. The van der Waals surface area contributed by atoms with Gasteiger partial charge in [0, 0.05) is 18.5 Å². The summed E-state index contributed by atoms with van der Waals surface area (Å²) >= 11 is 0. The normalized spacial score (nSPS) is 29.6. The average Bonchev–Trinajstić information content (AvgIpc) is 2.74. The van der Waals surface area contributed by atoms with Crippen LogP contribution in [0.25, 0.3) is 0 Å². The van der Waals surface area contributed by atoms with Crippen molar-refractivity contribution in [2.75, 3.05) is 6.54 Å². The molecule has 0 radical (unpaired) electrons. The van der Waals surface area contributed by atoms with Gasteiger partial charge in [-0.05, 0) is 45.4 Å². The van der Waals surface area contributed by atoms with E-state index in [9.17, 15) is 9.90 Å². The van der Waals surface area contributed by atoms with Crippen molar-refractivity contribution in [2.24, 2.45) is 5.92 Å². The van der Waals surface area contributed by atoms with Gasteiger partial charge in [0.25, 0.3) is 0 Å². The summed E-state index contributed by atoms with van der Waals surface area (Å²) in [7, 11) is 0. The molecule has 1 amide bonds. The molecule has 0 aromatic rings. The van der Waals surface area contributed by atoms with Gasteiger partial charge in [-0.3, -0.25) is 4.79 Å². The van der Waals surface area contributed by atoms with E-state index >= 15 is 0 Å². The summed E-state index contributed by atoms with van der Waals surface area (Å²) in [5.41, 5.74) is -0.0745. The topological polar surface area (TPSA) is 40.5 Å². The second-order valence-electron chi connectivity index (χ2n) is 6.36. The summed E-state index contributed by atoms with van der Waals surface area (Å²) in [5, 5.41) is 9.73. The number of aliphatic hydroxyl groups excluding tert-OH is 1. The number of piperidine rings is 1. The molecule has 0 aromatic carbocycles. The average molecular weight is 239 g/mol. The fourth-order valence-corrected chi connectivity index (χ4v) is 3.21. The van der Waals surface area contributed by atoms with E-state index in [4.69, 9.17) is 0 Å². The van der Waals surface area contributed by atoms with Crippen molar-refractivity contribution in [3.05, 3.63) is 0 Å². The molecule has 3 nitrogen and oxygen atoms in total. The minimum Gasteiger partial charge on any atom is -0.391 e. The van der Waals surface area contributed by atoms with Gasteiger partial charge in [0.1, 0.15) is 0 Å². The van der Waals surface area contributed by atoms with Crippen LogP contribution in [0.3, 0.4) is 0 Å². The van der Waals surface area contributed by atoms with Gasteiger partial charge in [0.15, 0.2) is 0 Å². The molecule has 17 heavy (non-hydrogen) atoms. The maximum absolute atomic E-state index is 12.3. The zero-order valence-corrected chi connectivity index (χ0v) is 11.1. The predicted molar refractivity (Wildman–Crippen MR) is 67.6 cm³/mol. The predicted octanol–water partition coefficient (Wildman–Crippen LogP) is 2.33. The van der Waals surface area contributed by atoms with E-state index in [2.05, 4.69) is 13.8 Å². The lowest BCUT2D eigenvalue weighted by atomic mass is 9.88. The van der Waals surface area contributed by atoms with Gasteiger partial charge in [-0.25, -0.2) is 0 Å². The molecule has 1 aliphatic heterocycles. The Bertz CT molecular complexity index is 282. The van der Waals surface area contributed by atoms with Gasteiger partial charge in [-0.15, -0.1) is 0 Å². The molecule has 1 atom stereocenters. The highest BCUT2D eigenvalue weighted by atomic mass is 16.3. The second-order valence-corrected chi connectivity index (χ2v) is 6.36. The third-order valence-corrected chi connectivity index (χ3v) is 4.45. The summed E-state index contributed by atoms with van der Waals surface area (Å²) in [4.78, 5) is 14.2. The van der Waals surface area contributed by atoms with Gasteiger partial charge >= 0.3 is 0 Å². The second kappa shape index (κ2) is 4.97. The van der Waals surface area contributed by atoms with Crippen LogP contribution in [0.2, 0.25) is 0 Å². The smallest absolute Gasteiger partial charge is 0.223 e. The van der Waals surface area contributed by atoms with Gasteiger partial charge in [0.05, 0.1) is 6.10 Å². The molecule has 3 heteroatoms. The third-order valence-electron chi connectivity index (χ3n) is 4.45. The molecular formula is C14H25NO2. The number of carbonyl (C=O) groups excluding carboxylic acids is 1. The fraction of sp³-hybridized carbons (Fsp3) is 0.929. The molecule has 0 bridgehead atoms. The van der Waals surface area contributed by atoms with Crippen LogP contribution >= 0.6 is 0 Å². The molecule has 2 rings (SSSR count). The van der Waals surface area contributed by atoms with Crippen molar-refractivity contribution in [3.8, 4) is 0 Å². The van der Waals surface area contributed by atoms with E-state index in [-0.39, 0.29) is 17.6 Å². The van der Waals surface area contributed by atoms with Crippen LogP contribution in [-0.2, 0) is 4.79 Å². The first-order valence-corrected chi connectivity index (χ1v) is 6.97. The number of carbonyl (C=O) groups is 1. The maximum Gasteiger partial charge on any atom is 0.223 e. The molecule has 0 spiro atoms. The Labute approximate surface area is 104 Å². The molecular weight excluding hydrogens is 214 g/mol. The minimum atomic E-state index is -0.324. The number of rotatable bonds is 2. The number of aliphatic hydroxyl groups is 1. The van der Waals surface area contributed by atoms with Crippen molar-refractivity contribution in [2.45, 2.75) is 70.4 Å². The van der Waals surface area contributed by atoms with Crippen LogP contribution < -0.4 is 0 Å². The third kappa shape index (κ3) is 3.01. The monoisotopic (exact) mass is 239 g/mol.